The number of amides is 2. The molecule has 6 heteroatoms. The minimum absolute atomic E-state index is 0.00758. The minimum Gasteiger partial charge on any atom is -0.496 e. The Labute approximate surface area is 136 Å². The highest BCUT2D eigenvalue weighted by atomic mass is 16.5. The number of methoxy groups -OCH3 is 1. The molecule has 0 aliphatic heterocycles. The van der Waals surface area contributed by atoms with Crippen LogP contribution in [0.25, 0.3) is 10.9 Å². The standard InChI is InChI=1S/C17H25N3O3/c1-3-13(8-10-21)20-17(22)18-9-7-12-11-19-14-5-4-6-15(23-2)16(12)14/h4-6,11,13,19,21H,3,7-10H2,1-2H3,(H2,18,20,22). The summed E-state index contributed by atoms with van der Waals surface area (Å²) in [6, 6.07) is 5.69. The van der Waals surface area contributed by atoms with Gasteiger partial charge in [-0.1, -0.05) is 13.0 Å². The van der Waals surface area contributed by atoms with Crippen LogP contribution in [-0.4, -0.2) is 42.4 Å². The maximum atomic E-state index is 11.9. The summed E-state index contributed by atoms with van der Waals surface area (Å²) in [6.45, 7) is 2.60. The van der Waals surface area contributed by atoms with Crippen LogP contribution in [0.2, 0.25) is 0 Å². The van der Waals surface area contributed by atoms with Gasteiger partial charge in [-0.05, 0) is 37.0 Å². The predicted molar refractivity (Wildman–Crippen MR) is 90.9 cm³/mol. The first-order chi connectivity index (χ1) is 11.2. The molecule has 1 heterocycles. The van der Waals surface area contributed by atoms with E-state index in [1.54, 1.807) is 7.11 Å². The number of carbonyl (C=O) groups excluding carboxylic acids is 1. The molecule has 2 aromatic rings. The van der Waals surface area contributed by atoms with Gasteiger partial charge in [-0.15, -0.1) is 0 Å². The second kappa shape index (κ2) is 8.43. The second-order valence-electron chi connectivity index (χ2n) is 5.46. The van der Waals surface area contributed by atoms with Gasteiger partial charge in [0.15, 0.2) is 0 Å². The number of fused-ring (bicyclic) bond motifs is 1. The summed E-state index contributed by atoms with van der Waals surface area (Å²) >= 11 is 0. The number of aliphatic hydroxyl groups is 1. The number of aromatic amines is 1. The number of ether oxygens (including phenoxy) is 1. The molecular weight excluding hydrogens is 294 g/mol. The highest BCUT2D eigenvalue weighted by Crippen LogP contribution is 2.28. The normalized spacial score (nSPS) is 12.1. The van der Waals surface area contributed by atoms with E-state index in [4.69, 9.17) is 9.84 Å². The first kappa shape index (κ1) is 17.1. The van der Waals surface area contributed by atoms with Gasteiger partial charge in [0.1, 0.15) is 5.75 Å². The van der Waals surface area contributed by atoms with E-state index in [2.05, 4.69) is 15.6 Å². The predicted octanol–water partition coefficient (Wildman–Crippen LogP) is 2.18. The summed E-state index contributed by atoms with van der Waals surface area (Å²) in [6.07, 6.45) is 4.04. The molecule has 0 saturated carbocycles. The topological polar surface area (TPSA) is 86.4 Å². The van der Waals surface area contributed by atoms with Crippen molar-refractivity contribution in [3.05, 3.63) is 30.0 Å². The van der Waals surface area contributed by atoms with Crippen LogP contribution in [0.1, 0.15) is 25.3 Å². The van der Waals surface area contributed by atoms with Gasteiger partial charge in [-0.25, -0.2) is 4.79 Å². The Morgan fingerprint density at radius 1 is 1.43 bits per heavy atom. The van der Waals surface area contributed by atoms with Gasteiger partial charge < -0.3 is 25.5 Å². The molecule has 6 nitrogen and oxygen atoms in total. The average molecular weight is 319 g/mol. The Bertz CT molecular complexity index is 639. The number of aromatic nitrogens is 1. The number of hydrogen-bond acceptors (Lipinski definition) is 3. The summed E-state index contributed by atoms with van der Waals surface area (Å²) in [5.41, 5.74) is 2.14. The lowest BCUT2D eigenvalue weighted by Gasteiger charge is -2.16. The second-order valence-corrected chi connectivity index (χ2v) is 5.46. The van der Waals surface area contributed by atoms with Crippen molar-refractivity contribution in [3.8, 4) is 5.75 Å². The van der Waals surface area contributed by atoms with Crippen LogP contribution in [-0.2, 0) is 6.42 Å². The highest BCUT2D eigenvalue weighted by Gasteiger charge is 2.11. The molecule has 1 unspecified atom stereocenters. The van der Waals surface area contributed by atoms with Gasteiger partial charge >= 0.3 is 6.03 Å². The molecule has 0 bridgehead atoms. The monoisotopic (exact) mass is 319 g/mol. The SMILES string of the molecule is CCC(CCO)NC(=O)NCCc1c[nH]c2cccc(OC)c12. The van der Waals surface area contributed by atoms with E-state index >= 15 is 0 Å². The lowest BCUT2D eigenvalue weighted by molar-refractivity contribution is 0.228. The largest absolute Gasteiger partial charge is 0.496 e. The van der Waals surface area contributed by atoms with Crippen molar-refractivity contribution in [2.24, 2.45) is 0 Å². The third-order valence-corrected chi connectivity index (χ3v) is 3.95. The van der Waals surface area contributed by atoms with Crippen LogP contribution in [0.5, 0.6) is 5.75 Å². The molecule has 1 aromatic carbocycles. The van der Waals surface area contributed by atoms with Crippen molar-refractivity contribution in [3.63, 3.8) is 0 Å². The fraction of sp³-hybridized carbons (Fsp3) is 0.471. The van der Waals surface area contributed by atoms with Gasteiger partial charge in [-0.3, -0.25) is 0 Å². The van der Waals surface area contributed by atoms with Crippen molar-refractivity contribution in [2.45, 2.75) is 32.2 Å². The van der Waals surface area contributed by atoms with E-state index in [1.165, 1.54) is 0 Å². The number of rotatable bonds is 8. The fourth-order valence-corrected chi connectivity index (χ4v) is 2.67. The zero-order valence-electron chi connectivity index (χ0n) is 13.7. The van der Waals surface area contributed by atoms with Crippen LogP contribution >= 0.6 is 0 Å². The Morgan fingerprint density at radius 3 is 2.96 bits per heavy atom. The van der Waals surface area contributed by atoms with Crippen LogP contribution in [0.15, 0.2) is 24.4 Å². The number of aliphatic hydroxyl groups excluding tert-OH is 1. The van der Waals surface area contributed by atoms with Crippen LogP contribution in [0.3, 0.4) is 0 Å². The van der Waals surface area contributed by atoms with Gasteiger partial charge in [0.25, 0.3) is 0 Å². The Morgan fingerprint density at radius 2 is 2.26 bits per heavy atom. The molecule has 4 N–H and O–H groups in total. The van der Waals surface area contributed by atoms with E-state index in [1.807, 2.05) is 31.3 Å². The zero-order chi connectivity index (χ0) is 16.7. The maximum absolute atomic E-state index is 11.9. The van der Waals surface area contributed by atoms with Crippen molar-refractivity contribution in [1.82, 2.24) is 15.6 Å². The van der Waals surface area contributed by atoms with Crippen molar-refractivity contribution in [1.29, 1.82) is 0 Å². The molecule has 0 radical (unpaired) electrons. The lowest BCUT2D eigenvalue weighted by Crippen LogP contribution is -2.42. The van der Waals surface area contributed by atoms with Crippen molar-refractivity contribution < 1.29 is 14.6 Å². The number of hydrogen-bond donors (Lipinski definition) is 4. The molecule has 2 amide bonds. The molecule has 2 rings (SSSR count). The molecule has 0 aliphatic rings. The Balaban J connectivity index is 1.90. The smallest absolute Gasteiger partial charge is 0.315 e. The van der Waals surface area contributed by atoms with E-state index in [0.29, 0.717) is 19.4 Å². The van der Waals surface area contributed by atoms with E-state index in [9.17, 15) is 4.79 Å². The molecule has 0 spiro atoms. The van der Waals surface area contributed by atoms with Gasteiger partial charge in [-0.2, -0.15) is 0 Å². The molecular formula is C17H25N3O3. The summed E-state index contributed by atoms with van der Waals surface area (Å²) in [5.74, 6) is 0.831. The quantitative estimate of drug-likeness (QED) is 0.601. The van der Waals surface area contributed by atoms with E-state index in [-0.39, 0.29) is 18.7 Å². The van der Waals surface area contributed by atoms with Crippen molar-refractivity contribution >= 4 is 16.9 Å². The molecule has 23 heavy (non-hydrogen) atoms. The molecule has 1 aromatic heterocycles. The third kappa shape index (κ3) is 4.39. The van der Waals surface area contributed by atoms with Crippen LogP contribution in [0, 0.1) is 0 Å². The molecule has 0 aliphatic carbocycles. The summed E-state index contributed by atoms with van der Waals surface area (Å²) in [4.78, 5) is 15.1. The van der Waals surface area contributed by atoms with E-state index < -0.39 is 0 Å². The average Bonchev–Trinajstić information content (AvgIpc) is 2.97. The number of benzene rings is 1. The Kier molecular flexibility index (Phi) is 6.29. The molecule has 1 atom stereocenters. The molecule has 0 fully saturated rings. The minimum atomic E-state index is -0.197. The number of nitrogens with one attached hydrogen (secondary N) is 3. The number of H-pyrrole nitrogens is 1. The highest BCUT2D eigenvalue weighted by molar-refractivity contribution is 5.89. The van der Waals surface area contributed by atoms with Crippen molar-refractivity contribution in [2.75, 3.05) is 20.3 Å². The molecule has 126 valence electrons. The van der Waals surface area contributed by atoms with Gasteiger partial charge in [0, 0.05) is 36.3 Å². The maximum Gasteiger partial charge on any atom is 0.315 e. The van der Waals surface area contributed by atoms with Gasteiger partial charge in [0.05, 0.1) is 7.11 Å². The third-order valence-electron chi connectivity index (χ3n) is 3.95. The van der Waals surface area contributed by atoms with E-state index in [0.717, 1.165) is 28.6 Å². The summed E-state index contributed by atoms with van der Waals surface area (Å²) in [5, 5.41) is 15.7. The zero-order valence-corrected chi connectivity index (χ0v) is 13.7. The fourth-order valence-electron chi connectivity index (χ4n) is 2.67. The first-order valence-corrected chi connectivity index (χ1v) is 7.97. The summed E-state index contributed by atoms with van der Waals surface area (Å²) in [7, 11) is 1.66. The first-order valence-electron chi connectivity index (χ1n) is 7.97. The van der Waals surface area contributed by atoms with Crippen LogP contribution < -0.4 is 15.4 Å². The summed E-state index contributed by atoms with van der Waals surface area (Å²) < 4.78 is 5.40. The Hall–Kier alpha value is -2.21. The number of carbonyl (C=O) groups is 1. The number of urea groups is 1. The van der Waals surface area contributed by atoms with Gasteiger partial charge in [0.2, 0.25) is 0 Å². The van der Waals surface area contributed by atoms with Crippen LogP contribution in [0.4, 0.5) is 4.79 Å². The molecule has 0 saturated heterocycles. The lowest BCUT2D eigenvalue weighted by atomic mass is 10.1.